The third-order valence-corrected chi connectivity index (χ3v) is 5.36. The largest absolute Gasteiger partial charge is 0.489 e. The van der Waals surface area contributed by atoms with E-state index in [4.69, 9.17) is 14.6 Å². The van der Waals surface area contributed by atoms with Gasteiger partial charge >= 0.3 is 11.9 Å². The summed E-state index contributed by atoms with van der Waals surface area (Å²) in [6.07, 6.45) is 0. The van der Waals surface area contributed by atoms with Gasteiger partial charge in [-0.3, -0.25) is 5.10 Å². The molecule has 0 radical (unpaired) electrons. The Morgan fingerprint density at radius 2 is 1.54 bits per heavy atom. The molecular formula is C27H24N2O6. The number of nitrogens with one attached hydrogen (secondary N) is 1. The number of aromatic amines is 1. The van der Waals surface area contributed by atoms with E-state index in [0.717, 1.165) is 28.1 Å². The second-order valence-electron chi connectivity index (χ2n) is 8.43. The second-order valence-corrected chi connectivity index (χ2v) is 8.43. The standard InChI is InChI=1S/C27H24N2O6/c1-27(2,26(32)33)35-22-12-8-19(9-13-22)24-15-23(28-29-24)18-6-10-21(11-7-18)34-16-17-4-3-5-20(14-17)25(30)31/h3-15H,16H2,1-2H3,(H,28,29)(H,30,31)(H,32,33). The number of carboxylic acid groups (broad SMARTS) is 2. The fourth-order valence-electron chi connectivity index (χ4n) is 3.34. The van der Waals surface area contributed by atoms with Gasteiger partial charge in [0.25, 0.3) is 0 Å². The fourth-order valence-corrected chi connectivity index (χ4v) is 3.34. The van der Waals surface area contributed by atoms with Crippen molar-refractivity contribution in [3.05, 3.63) is 90.0 Å². The molecule has 1 heterocycles. The SMILES string of the molecule is CC(C)(Oc1ccc(-c2cc(-c3ccc(OCc4cccc(C(=O)O)c4)cc3)n[nH]2)cc1)C(=O)O. The number of ether oxygens (including phenoxy) is 2. The van der Waals surface area contributed by atoms with Crippen LogP contribution in [-0.2, 0) is 11.4 Å². The lowest BCUT2D eigenvalue weighted by Crippen LogP contribution is -2.37. The Morgan fingerprint density at radius 3 is 2.20 bits per heavy atom. The van der Waals surface area contributed by atoms with Crippen LogP contribution in [0.25, 0.3) is 22.5 Å². The summed E-state index contributed by atoms with van der Waals surface area (Å²) in [5.41, 5.74) is 3.02. The molecule has 0 fully saturated rings. The molecule has 0 amide bonds. The molecule has 0 atom stereocenters. The van der Waals surface area contributed by atoms with Crippen molar-refractivity contribution in [3.63, 3.8) is 0 Å². The number of benzene rings is 3. The van der Waals surface area contributed by atoms with Gasteiger partial charge in [-0.15, -0.1) is 0 Å². The molecule has 8 nitrogen and oxygen atoms in total. The quantitative estimate of drug-likeness (QED) is 0.304. The van der Waals surface area contributed by atoms with Gasteiger partial charge in [-0.1, -0.05) is 12.1 Å². The Kier molecular flexibility index (Phi) is 6.55. The van der Waals surface area contributed by atoms with E-state index >= 15 is 0 Å². The summed E-state index contributed by atoms with van der Waals surface area (Å²) in [4.78, 5) is 22.3. The number of hydrogen-bond acceptors (Lipinski definition) is 5. The van der Waals surface area contributed by atoms with Gasteiger partial charge in [0, 0.05) is 5.56 Å². The van der Waals surface area contributed by atoms with Gasteiger partial charge in [-0.05, 0) is 91.7 Å². The molecule has 0 aliphatic rings. The summed E-state index contributed by atoms with van der Waals surface area (Å²) in [7, 11) is 0. The van der Waals surface area contributed by atoms with E-state index in [1.165, 1.54) is 13.8 Å². The lowest BCUT2D eigenvalue weighted by atomic mass is 10.1. The molecule has 0 spiro atoms. The fraction of sp³-hybridized carbons (Fsp3) is 0.148. The van der Waals surface area contributed by atoms with Crippen molar-refractivity contribution in [2.45, 2.75) is 26.1 Å². The van der Waals surface area contributed by atoms with Crippen LogP contribution in [0.15, 0.2) is 78.9 Å². The number of carboxylic acids is 2. The van der Waals surface area contributed by atoms with Gasteiger partial charge in [0.15, 0.2) is 5.60 Å². The molecule has 0 bridgehead atoms. The highest BCUT2D eigenvalue weighted by Crippen LogP contribution is 2.28. The first-order chi connectivity index (χ1) is 16.7. The number of hydrogen-bond donors (Lipinski definition) is 3. The highest BCUT2D eigenvalue weighted by molar-refractivity contribution is 5.87. The summed E-state index contributed by atoms with van der Waals surface area (Å²) in [5.74, 6) is -0.888. The Labute approximate surface area is 201 Å². The van der Waals surface area contributed by atoms with Gasteiger partial charge in [0.2, 0.25) is 0 Å². The molecule has 35 heavy (non-hydrogen) atoms. The van der Waals surface area contributed by atoms with Crippen LogP contribution >= 0.6 is 0 Å². The monoisotopic (exact) mass is 472 g/mol. The van der Waals surface area contributed by atoms with Crippen LogP contribution < -0.4 is 9.47 Å². The highest BCUT2D eigenvalue weighted by Gasteiger charge is 2.29. The lowest BCUT2D eigenvalue weighted by molar-refractivity contribution is -0.152. The topological polar surface area (TPSA) is 122 Å². The molecule has 0 aliphatic carbocycles. The maximum Gasteiger partial charge on any atom is 0.347 e. The Hall–Kier alpha value is -4.59. The maximum atomic E-state index is 11.2. The van der Waals surface area contributed by atoms with Gasteiger partial charge in [-0.25, -0.2) is 9.59 Å². The number of rotatable bonds is 9. The zero-order chi connectivity index (χ0) is 25.0. The summed E-state index contributed by atoms with van der Waals surface area (Å²) in [5, 5.41) is 25.7. The molecular weight excluding hydrogens is 448 g/mol. The summed E-state index contributed by atoms with van der Waals surface area (Å²) >= 11 is 0. The van der Waals surface area contributed by atoms with Gasteiger partial charge in [0.05, 0.1) is 17.0 Å². The van der Waals surface area contributed by atoms with Crippen LogP contribution in [0.5, 0.6) is 11.5 Å². The summed E-state index contributed by atoms with van der Waals surface area (Å²) in [6, 6.07) is 23.1. The number of aromatic nitrogens is 2. The van der Waals surface area contributed by atoms with Crippen molar-refractivity contribution in [2.24, 2.45) is 0 Å². The second kappa shape index (κ2) is 9.72. The summed E-state index contributed by atoms with van der Waals surface area (Å²) in [6.45, 7) is 3.26. The van der Waals surface area contributed by atoms with Crippen LogP contribution in [0.1, 0.15) is 29.8 Å². The van der Waals surface area contributed by atoms with Crippen LogP contribution in [0.4, 0.5) is 0 Å². The Balaban J connectivity index is 1.40. The molecule has 0 unspecified atom stereocenters. The average molecular weight is 472 g/mol. The van der Waals surface area contributed by atoms with E-state index < -0.39 is 17.5 Å². The summed E-state index contributed by atoms with van der Waals surface area (Å²) < 4.78 is 11.3. The molecule has 0 aliphatic heterocycles. The molecule has 4 rings (SSSR count). The predicted octanol–water partition coefficient (Wildman–Crippen LogP) is 5.26. The van der Waals surface area contributed by atoms with E-state index in [2.05, 4.69) is 10.2 Å². The zero-order valence-corrected chi connectivity index (χ0v) is 19.2. The van der Waals surface area contributed by atoms with Gasteiger partial charge in [-0.2, -0.15) is 5.10 Å². The van der Waals surface area contributed by atoms with Crippen LogP contribution in [0.2, 0.25) is 0 Å². The van der Waals surface area contributed by atoms with E-state index in [-0.39, 0.29) is 12.2 Å². The van der Waals surface area contributed by atoms with Crippen molar-refractivity contribution in [3.8, 4) is 34.0 Å². The molecule has 3 N–H and O–H groups in total. The van der Waals surface area contributed by atoms with Gasteiger partial charge < -0.3 is 19.7 Å². The first kappa shape index (κ1) is 23.6. The number of nitrogens with zero attached hydrogens (tertiary/aromatic N) is 1. The predicted molar refractivity (Wildman–Crippen MR) is 130 cm³/mol. The molecule has 0 saturated carbocycles. The smallest absolute Gasteiger partial charge is 0.347 e. The van der Waals surface area contributed by atoms with Crippen molar-refractivity contribution < 1.29 is 29.3 Å². The molecule has 8 heteroatoms. The zero-order valence-electron chi connectivity index (χ0n) is 19.2. The van der Waals surface area contributed by atoms with Crippen molar-refractivity contribution in [1.82, 2.24) is 10.2 Å². The number of H-pyrrole nitrogens is 1. The minimum absolute atomic E-state index is 0.224. The minimum Gasteiger partial charge on any atom is -0.489 e. The van der Waals surface area contributed by atoms with Crippen molar-refractivity contribution in [2.75, 3.05) is 0 Å². The third kappa shape index (κ3) is 5.67. The van der Waals surface area contributed by atoms with Crippen LogP contribution in [0.3, 0.4) is 0 Å². The van der Waals surface area contributed by atoms with E-state index in [0.29, 0.717) is 11.5 Å². The highest BCUT2D eigenvalue weighted by atomic mass is 16.5. The van der Waals surface area contributed by atoms with E-state index in [1.54, 1.807) is 30.3 Å². The van der Waals surface area contributed by atoms with Crippen molar-refractivity contribution in [1.29, 1.82) is 0 Å². The van der Waals surface area contributed by atoms with Crippen LogP contribution in [-0.4, -0.2) is 38.0 Å². The Bertz CT molecular complexity index is 1340. The molecule has 1 aromatic heterocycles. The number of aliphatic carboxylic acids is 1. The molecule has 0 saturated heterocycles. The van der Waals surface area contributed by atoms with Gasteiger partial charge in [0.1, 0.15) is 18.1 Å². The maximum absolute atomic E-state index is 11.2. The van der Waals surface area contributed by atoms with E-state index in [9.17, 15) is 14.7 Å². The number of aromatic carboxylic acids is 1. The normalized spacial score (nSPS) is 11.1. The lowest BCUT2D eigenvalue weighted by Gasteiger charge is -2.21. The first-order valence-corrected chi connectivity index (χ1v) is 10.8. The molecule has 3 aromatic carbocycles. The average Bonchev–Trinajstić information content (AvgIpc) is 3.34. The third-order valence-electron chi connectivity index (χ3n) is 5.36. The Morgan fingerprint density at radius 1 is 0.886 bits per heavy atom. The minimum atomic E-state index is -1.32. The molecule has 178 valence electrons. The van der Waals surface area contributed by atoms with Crippen LogP contribution in [0, 0.1) is 0 Å². The molecule has 4 aromatic rings. The van der Waals surface area contributed by atoms with Crippen molar-refractivity contribution >= 4 is 11.9 Å². The van der Waals surface area contributed by atoms with E-state index in [1.807, 2.05) is 48.5 Å². The first-order valence-electron chi connectivity index (χ1n) is 10.8. The number of carbonyl (C=O) groups is 2.